The van der Waals surface area contributed by atoms with Crippen molar-refractivity contribution in [3.8, 4) is 5.75 Å². The molecule has 1 atom stereocenters. The van der Waals surface area contributed by atoms with Crippen molar-refractivity contribution in [3.63, 3.8) is 0 Å². The van der Waals surface area contributed by atoms with Crippen molar-refractivity contribution in [2.75, 3.05) is 13.1 Å². The van der Waals surface area contributed by atoms with E-state index in [0.29, 0.717) is 13.0 Å². The molecule has 4 heteroatoms. The van der Waals surface area contributed by atoms with Crippen molar-refractivity contribution >= 4 is 5.97 Å². The monoisotopic (exact) mass is 277 g/mol. The van der Waals surface area contributed by atoms with Gasteiger partial charge in [0, 0.05) is 13.1 Å². The minimum atomic E-state index is -0.697. The average Bonchev–Trinajstić information content (AvgIpc) is 2.72. The van der Waals surface area contributed by atoms with Crippen LogP contribution in [0.15, 0.2) is 24.3 Å². The minimum absolute atomic E-state index is 0.160. The van der Waals surface area contributed by atoms with Gasteiger partial charge in [0.25, 0.3) is 0 Å². The lowest BCUT2D eigenvalue weighted by Gasteiger charge is -2.20. The summed E-state index contributed by atoms with van der Waals surface area (Å²) < 4.78 is 5.69. The molecule has 1 aliphatic heterocycles. The van der Waals surface area contributed by atoms with Gasteiger partial charge in [0.15, 0.2) is 0 Å². The maximum atomic E-state index is 11.3. The third-order valence-electron chi connectivity index (χ3n) is 3.75. The predicted molar refractivity (Wildman–Crippen MR) is 77.8 cm³/mol. The third-order valence-corrected chi connectivity index (χ3v) is 3.75. The lowest BCUT2D eigenvalue weighted by atomic mass is 9.90. The Bertz CT molecular complexity index is 486. The lowest BCUT2D eigenvalue weighted by molar-refractivity contribution is -0.147. The Kier molecular flexibility index (Phi) is 4.33. The molecule has 0 saturated carbocycles. The number of rotatable bonds is 5. The SMILES string of the molecule is CC(C)Oc1cccc(CN2CCC(C)(C(=O)O)C2)c1. The van der Waals surface area contributed by atoms with Gasteiger partial charge in [-0.1, -0.05) is 12.1 Å². The van der Waals surface area contributed by atoms with Crippen LogP contribution < -0.4 is 4.74 Å². The van der Waals surface area contributed by atoms with Gasteiger partial charge >= 0.3 is 5.97 Å². The Morgan fingerprint density at radius 2 is 2.25 bits per heavy atom. The van der Waals surface area contributed by atoms with E-state index in [2.05, 4.69) is 11.0 Å². The molecule has 0 aliphatic carbocycles. The van der Waals surface area contributed by atoms with Crippen molar-refractivity contribution in [2.45, 2.75) is 39.8 Å². The first-order chi connectivity index (χ1) is 9.39. The molecule has 1 aromatic carbocycles. The molecule has 0 aromatic heterocycles. The molecule has 1 fully saturated rings. The molecule has 1 aromatic rings. The summed E-state index contributed by atoms with van der Waals surface area (Å²) in [4.78, 5) is 13.4. The summed E-state index contributed by atoms with van der Waals surface area (Å²) in [6, 6.07) is 8.04. The summed E-state index contributed by atoms with van der Waals surface area (Å²) in [6.07, 6.45) is 0.872. The van der Waals surface area contributed by atoms with Gasteiger partial charge in [-0.25, -0.2) is 0 Å². The van der Waals surface area contributed by atoms with Gasteiger partial charge in [0.1, 0.15) is 5.75 Å². The summed E-state index contributed by atoms with van der Waals surface area (Å²) >= 11 is 0. The van der Waals surface area contributed by atoms with Crippen molar-refractivity contribution < 1.29 is 14.6 Å². The summed E-state index contributed by atoms with van der Waals surface area (Å²) in [5, 5.41) is 9.25. The van der Waals surface area contributed by atoms with Crippen molar-refractivity contribution in [1.82, 2.24) is 4.90 Å². The summed E-state index contributed by atoms with van der Waals surface area (Å²) in [6.45, 7) is 8.05. The molecule has 1 saturated heterocycles. The van der Waals surface area contributed by atoms with Gasteiger partial charge < -0.3 is 9.84 Å². The molecule has 0 amide bonds. The first-order valence-electron chi connectivity index (χ1n) is 7.10. The Hall–Kier alpha value is -1.55. The smallest absolute Gasteiger partial charge is 0.310 e. The van der Waals surface area contributed by atoms with Crippen LogP contribution in [0.2, 0.25) is 0 Å². The highest BCUT2D eigenvalue weighted by atomic mass is 16.5. The summed E-state index contributed by atoms with van der Waals surface area (Å²) in [5.41, 5.74) is 0.560. The molecule has 0 spiro atoms. The summed E-state index contributed by atoms with van der Waals surface area (Å²) in [5.74, 6) is 0.176. The summed E-state index contributed by atoms with van der Waals surface area (Å²) in [7, 11) is 0. The number of hydrogen-bond acceptors (Lipinski definition) is 3. The van der Waals surface area contributed by atoms with E-state index in [4.69, 9.17) is 4.74 Å². The number of carboxylic acid groups (broad SMARTS) is 1. The van der Waals surface area contributed by atoms with Crippen LogP contribution in [-0.4, -0.2) is 35.2 Å². The second-order valence-corrected chi connectivity index (χ2v) is 6.14. The molecule has 1 unspecified atom stereocenters. The van der Waals surface area contributed by atoms with Gasteiger partial charge in [0.2, 0.25) is 0 Å². The number of benzene rings is 1. The molecule has 1 N–H and O–H groups in total. The number of carboxylic acids is 1. The van der Waals surface area contributed by atoms with E-state index in [1.165, 1.54) is 0 Å². The standard InChI is InChI=1S/C16H23NO3/c1-12(2)20-14-6-4-5-13(9-14)10-17-8-7-16(3,11-17)15(18)19/h4-6,9,12H,7-8,10-11H2,1-3H3,(H,18,19). The molecular formula is C16H23NO3. The molecule has 0 bridgehead atoms. The molecule has 0 radical (unpaired) electrons. The highest BCUT2D eigenvalue weighted by molar-refractivity contribution is 5.74. The molecule has 2 rings (SSSR count). The largest absolute Gasteiger partial charge is 0.491 e. The van der Waals surface area contributed by atoms with E-state index < -0.39 is 11.4 Å². The fraction of sp³-hybridized carbons (Fsp3) is 0.562. The van der Waals surface area contributed by atoms with Crippen molar-refractivity contribution in [3.05, 3.63) is 29.8 Å². The molecule has 4 nitrogen and oxygen atoms in total. The van der Waals surface area contributed by atoms with Crippen LogP contribution in [-0.2, 0) is 11.3 Å². The number of ether oxygens (including phenoxy) is 1. The predicted octanol–water partition coefficient (Wildman–Crippen LogP) is 2.77. The van der Waals surface area contributed by atoms with E-state index in [9.17, 15) is 9.90 Å². The van der Waals surface area contributed by atoms with E-state index in [-0.39, 0.29) is 6.10 Å². The Morgan fingerprint density at radius 1 is 1.50 bits per heavy atom. The highest BCUT2D eigenvalue weighted by Crippen LogP contribution is 2.31. The number of hydrogen-bond donors (Lipinski definition) is 1. The molecule has 20 heavy (non-hydrogen) atoms. The minimum Gasteiger partial charge on any atom is -0.491 e. The van der Waals surface area contributed by atoms with Crippen LogP contribution >= 0.6 is 0 Å². The zero-order chi connectivity index (χ0) is 14.8. The molecule has 1 aliphatic rings. The fourth-order valence-electron chi connectivity index (χ4n) is 2.61. The van der Waals surface area contributed by atoms with Gasteiger partial charge in [0.05, 0.1) is 11.5 Å². The average molecular weight is 277 g/mol. The number of likely N-dealkylation sites (tertiary alicyclic amines) is 1. The zero-order valence-electron chi connectivity index (χ0n) is 12.4. The van der Waals surface area contributed by atoms with Crippen LogP contribution in [0.25, 0.3) is 0 Å². The normalized spacial score (nSPS) is 23.2. The van der Waals surface area contributed by atoms with E-state index in [1.54, 1.807) is 0 Å². The third kappa shape index (κ3) is 3.51. The Labute approximate surface area is 120 Å². The number of aliphatic carboxylic acids is 1. The molecule has 110 valence electrons. The van der Waals surface area contributed by atoms with Crippen LogP contribution in [0.4, 0.5) is 0 Å². The van der Waals surface area contributed by atoms with Gasteiger partial charge in [-0.15, -0.1) is 0 Å². The number of nitrogens with zero attached hydrogens (tertiary/aromatic N) is 1. The second-order valence-electron chi connectivity index (χ2n) is 6.14. The molecular weight excluding hydrogens is 254 g/mol. The van der Waals surface area contributed by atoms with Crippen molar-refractivity contribution in [1.29, 1.82) is 0 Å². The lowest BCUT2D eigenvalue weighted by Crippen LogP contribution is -2.31. The zero-order valence-corrected chi connectivity index (χ0v) is 12.4. The van der Waals surface area contributed by atoms with Crippen LogP contribution in [0, 0.1) is 5.41 Å². The highest BCUT2D eigenvalue weighted by Gasteiger charge is 2.40. The van der Waals surface area contributed by atoms with E-state index in [0.717, 1.165) is 24.4 Å². The van der Waals surface area contributed by atoms with Gasteiger partial charge in [-0.05, 0) is 51.4 Å². The number of carbonyl (C=O) groups is 1. The van der Waals surface area contributed by atoms with Crippen LogP contribution in [0.1, 0.15) is 32.8 Å². The second kappa shape index (κ2) is 5.83. The first-order valence-corrected chi connectivity index (χ1v) is 7.10. The topological polar surface area (TPSA) is 49.8 Å². The fourth-order valence-corrected chi connectivity index (χ4v) is 2.61. The van der Waals surface area contributed by atoms with E-state index in [1.807, 2.05) is 39.0 Å². The first kappa shape index (κ1) is 14.9. The Balaban J connectivity index is 1.99. The van der Waals surface area contributed by atoms with Crippen LogP contribution in [0.5, 0.6) is 5.75 Å². The van der Waals surface area contributed by atoms with Gasteiger partial charge in [-0.2, -0.15) is 0 Å². The Morgan fingerprint density at radius 3 is 2.85 bits per heavy atom. The van der Waals surface area contributed by atoms with Crippen molar-refractivity contribution in [2.24, 2.45) is 5.41 Å². The van der Waals surface area contributed by atoms with Gasteiger partial charge in [-0.3, -0.25) is 9.69 Å². The maximum absolute atomic E-state index is 11.3. The van der Waals surface area contributed by atoms with E-state index >= 15 is 0 Å². The maximum Gasteiger partial charge on any atom is 0.310 e. The van der Waals surface area contributed by atoms with Crippen LogP contribution in [0.3, 0.4) is 0 Å². The molecule has 1 heterocycles. The quantitative estimate of drug-likeness (QED) is 0.899.